The number of thioether (sulfide) groups is 1. The highest BCUT2D eigenvalue weighted by Crippen LogP contribution is 2.34. The lowest BCUT2D eigenvalue weighted by Crippen LogP contribution is -2.40. The van der Waals surface area contributed by atoms with Gasteiger partial charge in [0.2, 0.25) is 0 Å². The molecule has 0 spiro atoms. The first-order valence-electron chi connectivity index (χ1n) is 9.06. The van der Waals surface area contributed by atoms with Crippen molar-refractivity contribution in [3.05, 3.63) is 29.8 Å². The molecule has 4 heteroatoms. The fraction of sp³-hybridized carbons (Fsp3) is 0.684. The van der Waals surface area contributed by atoms with Crippen LogP contribution in [-0.2, 0) is 10.2 Å². The Labute approximate surface area is 145 Å². The largest absolute Gasteiger partial charge is 0.381 e. The molecule has 0 unspecified atom stereocenters. The maximum atomic E-state index is 6.10. The molecule has 0 aliphatic carbocycles. The summed E-state index contributed by atoms with van der Waals surface area (Å²) in [5.41, 5.74) is 7.63. The Morgan fingerprint density at radius 1 is 1.09 bits per heavy atom. The van der Waals surface area contributed by atoms with Gasteiger partial charge in [-0.1, -0.05) is 12.1 Å². The summed E-state index contributed by atoms with van der Waals surface area (Å²) in [7, 11) is 0. The minimum Gasteiger partial charge on any atom is -0.381 e. The number of hydrogen-bond donors (Lipinski definition) is 1. The number of ether oxygens (including phenoxy) is 1. The van der Waals surface area contributed by atoms with Gasteiger partial charge in [-0.05, 0) is 75.2 Å². The second kappa shape index (κ2) is 8.52. The number of nitrogens with two attached hydrogens (primary N) is 1. The fourth-order valence-electron chi connectivity index (χ4n) is 3.76. The van der Waals surface area contributed by atoms with Crippen molar-refractivity contribution in [2.75, 3.05) is 45.1 Å². The van der Waals surface area contributed by atoms with Crippen molar-refractivity contribution in [2.45, 2.75) is 42.4 Å². The SMILES string of the molecule is NCC1(c2ccc(SCCCN3CCCC3)cc2)CCOCC1. The van der Waals surface area contributed by atoms with E-state index < -0.39 is 0 Å². The molecule has 0 atom stereocenters. The first kappa shape index (κ1) is 17.3. The summed E-state index contributed by atoms with van der Waals surface area (Å²) < 4.78 is 5.52. The number of hydrogen-bond acceptors (Lipinski definition) is 4. The first-order chi connectivity index (χ1) is 11.3. The minimum atomic E-state index is 0.136. The van der Waals surface area contributed by atoms with Crippen LogP contribution in [0.5, 0.6) is 0 Å². The van der Waals surface area contributed by atoms with E-state index in [0.717, 1.165) is 32.6 Å². The Balaban J connectivity index is 1.48. The van der Waals surface area contributed by atoms with Crippen molar-refractivity contribution in [3.8, 4) is 0 Å². The zero-order valence-corrected chi connectivity index (χ0v) is 15.0. The first-order valence-corrected chi connectivity index (χ1v) is 10.0. The van der Waals surface area contributed by atoms with Crippen LogP contribution in [0.1, 0.15) is 37.7 Å². The van der Waals surface area contributed by atoms with E-state index in [0.29, 0.717) is 0 Å². The van der Waals surface area contributed by atoms with E-state index in [9.17, 15) is 0 Å². The lowest BCUT2D eigenvalue weighted by molar-refractivity contribution is 0.0529. The van der Waals surface area contributed by atoms with Crippen molar-refractivity contribution in [2.24, 2.45) is 5.73 Å². The zero-order chi connectivity index (χ0) is 16.0. The lowest BCUT2D eigenvalue weighted by Gasteiger charge is -2.36. The third kappa shape index (κ3) is 4.50. The number of likely N-dealkylation sites (tertiary alicyclic amines) is 1. The Morgan fingerprint density at radius 2 is 1.78 bits per heavy atom. The molecule has 2 heterocycles. The summed E-state index contributed by atoms with van der Waals surface area (Å²) in [6.07, 6.45) is 6.17. The van der Waals surface area contributed by atoms with Gasteiger partial charge < -0.3 is 15.4 Å². The van der Waals surface area contributed by atoms with Gasteiger partial charge in [-0.15, -0.1) is 11.8 Å². The van der Waals surface area contributed by atoms with Crippen LogP contribution in [0.3, 0.4) is 0 Å². The molecule has 2 N–H and O–H groups in total. The van der Waals surface area contributed by atoms with Crippen LogP contribution in [-0.4, -0.2) is 50.0 Å². The maximum Gasteiger partial charge on any atom is 0.0475 e. The molecule has 1 aromatic rings. The average molecular weight is 335 g/mol. The molecule has 3 rings (SSSR count). The van der Waals surface area contributed by atoms with E-state index >= 15 is 0 Å². The summed E-state index contributed by atoms with van der Waals surface area (Å²) >= 11 is 1.98. The van der Waals surface area contributed by atoms with E-state index in [-0.39, 0.29) is 5.41 Å². The fourth-order valence-corrected chi connectivity index (χ4v) is 4.60. The minimum absolute atomic E-state index is 0.136. The quantitative estimate of drug-likeness (QED) is 0.613. The van der Waals surface area contributed by atoms with Gasteiger partial charge in [0.25, 0.3) is 0 Å². The highest BCUT2D eigenvalue weighted by atomic mass is 32.2. The standard InChI is InChI=1S/C19H30N2OS/c20-16-19(8-13-22-14-9-19)17-4-6-18(7-5-17)23-15-3-12-21-10-1-2-11-21/h4-7H,1-3,8-16,20H2. The van der Waals surface area contributed by atoms with Crippen molar-refractivity contribution < 1.29 is 4.74 Å². The van der Waals surface area contributed by atoms with Gasteiger partial charge in [0.1, 0.15) is 0 Å². The predicted molar refractivity (Wildman–Crippen MR) is 98.2 cm³/mol. The van der Waals surface area contributed by atoms with Crippen molar-refractivity contribution in [3.63, 3.8) is 0 Å². The molecule has 2 aliphatic rings. The number of nitrogens with zero attached hydrogens (tertiary/aromatic N) is 1. The highest BCUT2D eigenvalue weighted by molar-refractivity contribution is 7.99. The highest BCUT2D eigenvalue weighted by Gasteiger charge is 2.32. The Hall–Kier alpha value is -0.550. The van der Waals surface area contributed by atoms with E-state index in [2.05, 4.69) is 29.2 Å². The second-order valence-corrected chi connectivity index (χ2v) is 8.04. The summed E-state index contributed by atoms with van der Waals surface area (Å²) in [5.74, 6) is 1.21. The topological polar surface area (TPSA) is 38.5 Å². The summed E-state index contributed by atoms with van der Waals surface area (Å²) in [4.78, 5) is 3.98. The Morgan fingerprint density at radius 3 is 2.43 bits per heavy atom. The molecule has 0 saturated carbocycles. The number of rotatable bonds is 7. The van der Waals surface area contributed by atoms with Crippen molar-refractivity contribution in [1.29, 1.82) is 0 Å². The third-order valence-corrected chi connectivity index (χ3v) is 6.49. The summed E-state index contributed by atoms with van der Waals surface area (Å²) in [6, 6.07) is 9.15. The van der Waals surface area contributed by atoms with E-state index in [1.54, 1.807) is 0 Å². The molecule has 0 radical (unpaired) electrons. The van der Waals surface area contributed by atoms with Gasteiger partial charge in [-0.25, -0.2) is 0 Å². The van der Waals surface area contributed by atoms with Gasteiger partial charge in [0.15, 0.2) is 0 Å². The third-order valence-electron chi connectivity index (χ3n) is 5.39. The molecule has 0 bridgehead atoms. The van der Waals surface area contributed by atoms with Gasteiger partial charge in [0.05, 0.1) is 0 Å². The normalized spacial score (nSPS) is 21.6. The second-order valence-electron chi connectivity index (χ2n) is 6.87. The van der Waals surface area contributed by atoms with Crippen LogP contribution in [0.15, 0.2) is 29.2 Å². The molecule has 2 aliphatic heterocycles. The van der Waals surface area contributed by atoms with Gasteiger partial charge >= 0.3 is 0 Å². The van der Waals surface area contributed by atoms with Crippen molar-refractivity contribution >= 4 is 11.8 Å². The van der Waals surface area contributed by atoms with E-state index in [1.165, 1.54) is 55.1 Å². The van der Waals surface area contributed by atoms with Crippen LogP contribution >= 0.6 is 11.8 Å². The van der Waals surface area contributed by atoms with Gasteiger partial charge in [-0.3, -0.25) is 0 Å². The zero-order valence-electron chi connectivity index (χ0n) is 14.1. The summed E-state index contributed by atoms with van der Waals surface area (Å²) in [6.45, 7) is 6.28. The molecular weight excluding hydrogens is 304 g/mol. The molecule has 1 aromatic carbocycles. The molecule has 23 heavy (non-hydrogen) atoms. The van der Waals surface area contributed by atoms with Crippen LogP contribution in [0.2, 0.25) is 0 Å². The lowest BCUT2D eigenvalue weighted by atomic mass is 9.74. The average Bonchev–Trinajstić information content (AvgIpc) is 3.13. The van der Waals surface area contributed by atoms with E-state index in [1.807, 2.05) is 11.8 Å². The Kier molecular flexibility index (Phi) is 6.40. The van der Waals surface area contributed by atoms with Crippen LogP contribution < -0.4 is 5.73 Å². The van der Waals surface area contributed by atoms with Crippen molar-refractivity contribution in [1.82, 2.24) is 4.90 Å². The molecule has 2 fully saturated rings. The molecule has 3 nitrogen and oxygen atoms in total. The maximum absolute atomic E-state index is 6.10. The molecule has 0 aromatic heterocycles. The molecule has 128 valence electrons. The number of benzene rings is 1. The predicted octanol–water partition coefficient (Wildman–Crippen LogP) is 3.27. The monoisotopic (exact) mass is 334 g/mol. The van der Waals surface area contributed by atoms with E-state index in [4.69, 9.17) is 10.5 Å². The summed E-state index contributed by atoms with van der Waals surface area (Å²) in [5, 5.41) is 0. The van der Waals surface area contributed by atoms with Gasteiger partial charge in [0, 0.05) is 30.1 Å². The molecule has 2 saturated heterocycles. The van der Waals surface area contributed by atoms with Crippen LogP contribution in [0.4, 0.5) is 0 Å². The molecule has 0 amide bonds. The van der Waals surface area contributed by atoms with Gasteiger partial charge in [-0.2, -0.15) is 0 Å². The van der Waals surface area contributed by atoms with Crippen LogP contribution in [0.25, 0.3) is 0 Å². The van der Waals surface area contributed by atoms with Crippen LogP contribution in [0, 0.1) is 0 Å². The Bertz CT molecular complexity index is 465. The smallest absolute Gasteiger partial charge is 0.0475 e. The molecular formula is C19H30N2OS.